The normalized spacial score (nSPS) is 12.2. The molecule has 2 heterocycles. The molecule has 5 nitrogen and oxygen atoms in total. The summed E-state index contributed by atoms with van der Waals surface area (Å²) < 4.78 is 28.2. The average Bonchev–Trinajstić information content (AvgIpc) is 3.30. The number of carbonyl (C=O) groups excluding carboxylic acids is 1. The zero-order chi connectivity index (χ0) is 20.3. The van der Waals surface area contributed by atoms with Crippen LogP contribution in [0.25, 0.3) is 11.3 Å². The van der Waals surface area contributed by atoms with E-state index in [0.717, 1.165) is 23.4 Å². The van der Waals surface area contributed by atoms with Gasteiger partial charge < -0.3 is 11.1 Å². The van der Waals surface area contributed by atoms with Crippen LogP contribution in [0.5, 0.6) is 0 Å². The molecule has 1 amide bonds. The van der Waals surface area contributed by atoms with Crippen molar-refractivity contribution in [3.63, 3.8) is 0 Å². The van der Waals surface area contributed by atoms with Gasteiger partial charge in [0.15, 0.2) is 11.6 Å². The van der Waals surface area contributed by atoms with Gasteiger partial charge in [0.1, 0.15) is 0 Å². The van der Waals surface area contributed by atoms with Crippen LogP contribution >= 0.6 is 22.9 Å². The van der Waals surface area contributed by atoms with Gasteiger partial charge in [0.05, 0.1) is 21.8 Å². The van der Waals surface area contributed by atoms with Crippen molar-refractivity contribution >= 4 is 28.8 Å². The van der Waals surface area contributed by atoms with Crippen molar-refractivity contribution in [3.05, 3.63) is 62.9 Å². The van der Waals surface area contributed by atoms with E-state index in [2.05, 4.69) is 10.4 Å². The second-order valence-corrected chi connectivity index (χ2v) is 7.53. The largest absolute Gasteiger partial charge is 0.347 e. The molecule has 9 heteroatoms. The van der Waals surface area contributed by atoms with Crippen LogP contribution in [0.15, 0.2) is 35.8 Å². The van der Waals surface area contributed by atoms with Crippen LogP contribution in [0.2, 0.25) is 5.02 Å². The Labute approximate surface area is 170 Å². The summed E-state index contributed by atoms with van der Waals surface area (Å²) in [5.41, 5.74) is 7.87. The molecule has 0 fully saturated rings. The molecule has 0 spiro atoms. The monoisotopic (exact) mass is 424 g/mol. The lowest BCUT2D eigenvalue weighted by atomic mass is 10.1. The lowest BCUT2D eigenvalue weighted by Gasteiger charge is -2.16. The smallest absolute Gasteiger partial charge is 0.261 e. The van der Waals surface area contributed by atoms with Gasteiger partial charge in [-0.1, -0.05) is 17.7 Å². The van der Waals surface area contributed by atoms with Crippen LogP contribution in [0.4, 0.5) is 8.78 Å². The molecule has 3 aromatic rings. The van der Waals surface area contributed by atoms with Crippen molar-refractivity contribution in [2.24, 2.45) is 5.73 Å². The van der Waals surface area contributed by atoms with Crippen LogP contribution in [0, 0.1) is 11.6 Å². The van der Waals surface area contributed by atoms with Gasteiger partial charge in [-0.25, -0.2) is 8.78 Å². The van der Waals surface area contributed by atoms with Gasteiger partial charge in [0.2, 0.25) is 0 Å². The van der Waals surface area contributed by atoms with Gasteiger partial charge in [-0.2, -0.15) is 5.10 Å². The molecule has 0 unspecified atom stereocenters. The number of hydrogen-bond donors (Lipinski definition) is 2. The first-order chi connectivity index (χ1) is 13.4. The van der Waals surface area contributed by atoms with E-state index in [1.807, 2.05) is 12.3 Å². The summed E-state index contributed by atoms with van der Waals surface area (Å²) in [6, 6.07) is 4.99. The highest BCUT2D eigenvalue weighted by Gasteiger charge is 2.18. The summed E-state index contributed by atoms with van der Waals surface area (Å²) >= 11 is 7.50. The molecule has 148 valence electrons. The van der Waals surface area contributed by atoms with Gasteiger partial charge in [-0.05, 0) is 37.1 Å². The SMILES string of the molecule is CCn1ncc(Cl)c1-c1csc(C(=O)N[C@H](CN)Cc2ccc(F)c(F)c2)c1. The first-order valence-electron chi connectivity index (χ1n) is 8.68. The molecule has 0 aliphatic rings. The Morgan fingerprint density at radius 1 is 1.36 bits per heavy atom. The maximum atomic E-state index is 13.4. The Balaban J connectivity index is 1.72. The van der Waals surface area contributed by atoms with Crippen molar-refractivity contribution in [1.29, 1.82) is 0 Å². The quantitative estimate of drug-likeness (QED) is 0.604. The first kappa shape index (κ1) is 20.4. The minimum atomic E-state index is -0.924. The number of nitrogens with one attached hydrogen (secondary N) is 1. The Hall–Kier alpha value is -2.29. The molecule has 0 radical (unpaired) electrons. The molecule has 28 heavy (non-hydrogen) atoms. The second kappa shape index (κ2) is 8.81. The molecule has 0 saturated carbocycles. The molecule has 0 saturated heterocycles. The molecule has 1 atom stereocenters. The zero-order valence-corrected chi connectivity index (χ0v) is 16.7. The van der Waals surface area contributed by atoms with Crippen molar-refractivity contribution in [2.45, 2.75) is 25.9 Å². The van der Waals surface area contributed by atoms with Crippen molar-refractivity contribution in [3.8, 4) is 11.3 Å². The highest BCUT2D eigenvalue weighted by atomic mass is 35.5. The fourth-order valence-corrected chi connectivity index (χ4v) is 3.91. The third-order valence-corrected chi connectivity index (χ3v) is 5.48. The molecular formula is C19H19ClF2N4OS. The van der Waals surface area contributed by atoms with E-state index in [1.165, 1.54) is 17.4 Å². The number of rotatable bonds is 7. The second-order valence-electron chi connectivity index (χ2n) is 6.22. The number of nitrogens with two attached hydrogens (primary N) is 1. The van der Waals surface area contributed by atoms with Gasteiger partial charge in [-0.3, -0.25) is 9.48 Å². The topological polar surface area (TPSA) is 72.9 Å². The minimum Gasteiger partial charge on any atom is -0.347 e. The summed E-state index contributed by atoms with van der Waals surface area (Å²) in [7, 11) is 0. The third-order valence-electron chi connectivity index (χ3n) is 4.28. The molecular weight excluding hydrogens is 406 g/mol. The van der Waals surface area contributed by atoms with E-state index in [1.54, 1.807) is 16.9 Å². The van der Waals surface area contributed by atoms with Crippen LogP contribution in [0.3, 0.4) is 0 Å². The Morgan fingerprint density at radius 2 is 2.14 bits per heavy atom. The number of aromatic nitrogens is 2. The number of aryl methyl sites for hydroxylation is 1. The molecule has 3 rings (SSSR count). The van der Waals surface area contributed by atoms with E-state index in [-0.39, 0.29) is 12.5 Å². The number of hydrogen-bond acceptors (Lipinski definition) is 4. The number of benzene rings is 1. The number of nitrogens with zero attached hydrogens (tertiary/aromatic N) is 2. The predicted octanol–water partition coefficient (Wildman–Crippen LogP) is 3.86. The lowest BCUT2D eigenvalue weighted by molar-refractivity contribution is 0.0942. The molecule has 0 aliphatic heterocycles. The Bertz CT molecular complexity index is 988. The van der Waals surface area contributed by atoms with Crippen LogP contribution in [-0.4, -0.2) is 28.3 Å². The zero-order valence-electron chi connectivity index (χ0n) is 15.1. The average molecular weight is 425 g/mol. The number of carbonyl (C=O) groups is 1. The Morgan fingerprint density at radius 3 is 2.82 bits per heavy atom. The molecule has 0 aliphatic carbocycles. The molecule has 0 bridgehead atoms. The summed E-state index contributed by atoms with van der Waals surface area (Å²) in [5, 5.41) is 9.41. The van der Waals surface area contributed by atoms with Crippen LogP contribution in [0.1, 0.15) is 22.2 Å². The summed E-state index contributed by atoms with van der Waals surface area (Å²) in [5.74, 6) is -2.12. The molecule has 2 aromatic heterocycles. The Kier molecular flexibility index (Phi) is 6.43. The summed E-state index contributed by atoms with van der Waals surface area (Å²) in [6.07, 6.45) is 1.87. The van der Waals surface area contributed by atoms with E-state index in [4.69, 9.17) is 17.3 Å². The highest BCUT2D eigenvalue weighted by Crippen LogP contribution is 2.31. The van der Waals surface area contributed by atoms with Crippen molar-refractivity contribution in [1.82, 2.24) is 15.1 Å². The fourth-order valence-electron chi connectivity index (χ4n) is 2.87. The van der Waals surface area contributed by atoms with E-state index in [0.29, 0.717) is 28.4 Å². The number of amides is 1. The van der Waals surface area contributed by atoms with E-state index < -0.39 is 17.7 Å². The summed E-state index contributed by atoms with van der Waals surface area (Å²) in [6.45, 7) is 2.78. The first-order valence-corrected chi connectivity index (χ1v) is 9.93. The van der Waals surface area contributed by atoms with Gasteiger partial charge in [-0.15, -0.1) is 11.3 Å². The molecule has 1 aromatic carbocycles. The van der Waals surface area contributed by atoms with Gasteiger partial charge >= 0.3 is 0 Å². The molecule has 3 N–H and O–H groups in total. The lowest BCUT2D eigenvalue weighted by Crippen LogP contribution is -2.41. The number of halogens is 3. The van der Waals surface area contributed by atoms with Crippen LogP contribution in [-0.2, 0) is 13.0 Å². The highest BCUT2D eigenvalue weighted by molar-refractivity contribution is 7.12. The summed E-state index contributed by atoms with van der Waals surface area (Å²) in [4.78, 5) is 13.1. The maximum absolute atomic E-state index is 13.4. The van der Waals surface area contributed by atoms with Crippen LogP contribution < -0.4 is 11.1 Å². The van der Waals surface area contributed by atoms with Crippen molar-refractivity contribution in [2.75, 3.05) is 6.54 Å². The predicted molar refractivity (Wildman–Crippen MR) is 107 cm³/mol. The van der Waals surface area contributed by atoms with E-state index in [9.17, 15) is 13.6 Å². The van der Waals surface area contributed by atoms with Crippen molar-refractivity contribution < 1.29 is 13.6 Å². The minimum absolute atomic E-state index is 0.164. The van der Waals surface area contributed by atoms with Gasteiger partial charge in [0, 0.05) is 30.1 Å². The maximum Gasteiger partial charge on any atom is 0.261 e. The standard InChI is InChI=1S/C19H19ClF2N4OS/c1-2-26-18(14(20)9-24-26)12-7-17(28-10-12)19(27)25-13(8-23)5-11-3-4-15(21)16(22)6-11/h3-4,6-7,9-10,13H,2,5,8,23H2,1H3,(H,25,27)/t13-/m0/s1. The third kappa shape index (κ3) is 4.40. The fraction of sp³-hybridized carbons (Fsp3) is 0.263. The van der Waals surface area contributed by atoms with E-state index >= 15 is 0 Å². The van der Waals surface area contributed by atoms with Gasteiger partial charge in [0.25, 0.3) is 5.91 Å². The number of thiophene rings is 1.